The minimum atomic E-state index is -0.0925. The highest BCUT2D eigenvalue weighted by Crippen LogP contribution is 2.33. The summed E-state index contributed by atoms with van der Waals surface area (Å²) < 4.78 is 0. The second-order valence-corrected chi connectivity index (χ2v) is 7.91. The second-order valence-electron chi connectivity index (χ2n) is 7.91. The van der Waals surface area contributed by atoms with Gasteiger partial charge in [-0.2, -0.15) is 0 Å². The van der Waals surface area contributed by atoms with Crippen LogP contribution in [-0.4, -0.2) is 39.4 Å². The van der Waals surface area contributed by atoms with Crippen molar-refractivity contribution in [3.8, 4) is 0 Å². The van der Waals surface area contributed by atoms with Gasteiger partial charge >= 0.3 is 0 Å². The quantitative estimate of drug-likeness (QED) is 0.927. The highest BCUT2D eigenvalue weighted by atomic mass is 16.2. The predicted octanol–water partition coefficient (Wildman–Crippen LogP) is 3.19. The zero-order chi connectivity index (χ0) is 16.4. The van der Waals surface area contributed by atoms with Crippen LogP contribution < -0.4 is 5.32 Å². The monoisotopic (exact) mass is 316 g/mol. The molecule has 0 spiro atoms. The Balaban J connectivity index is 1.57. The van der Waals surface area contributed by atoms with Crippen LogP contribution in [0.3, 0.4) is 0 Å². The standard InChI is InChI=1S/C18H28N4O/c1-18(2,3)22-12-13(10-16(22)23)11-20-17-19-9-8-15(21-17)14-6-4-5-7-14/h8-9,13-14H,4-7,10-12H2,1-3H3,(H,19,20,21)/t13-/m1/s1. The van der Waals surface area contributed by atoms with Gasteiger partial charge < -0.3 is 10.2 Å². The number of rotatable bonds is 4. The predicted molar refractivity (Wildman–Crippen MR) is 91.3 cm³/mol. The SMILES string of the molecule is CC(C)(C)N1C[C@@H](CNc2nccc(C3CCCC3)n2)CC1=O. The summed E-state index contributed by atoms with van der Waals surface area (Å²) in [5.41, 5.74) is 1.07. The van der Waals surface area contributed by atoms with Gasteiger partial charge in [0.25, 0.3) is 0 Å². The van der Waals surface area contributed by atoms with Gasteiger partial charge in [0, 0.05) is 48.8 Å². The van der Waals surface area contributed by atoms with Crippen molar-refractivity contribution in [2.45, 2.75) is 64.3 Å². The van der Waals surface area contributed by atoms with Crippen LogP contribution in [0.15, 0.2) is 12.3 Å². The fourth-order valence-corrected chi connectivity index (χ4v) is 3.71. The molecule has 126 valence electrons. The van der Waals surface area contributed by atoms with Crippen molar-refractivity contribution >= 4 is 11.9 Å². The van der Waals surface area contributed by atoms with E-state index in [9.17, 15) is 4.79 Å². The summed E-state index contributed by atoms with van der Waals surface area (Å²) in [5.74, 6) is 1.89. The molecular formula is C18H28N4O. The Bertz CT molecular complexity index is 560. The number of carbonyl (C=O) groups is 1. The molecule has 1 aliphatic carbocycles. The van der Waals surface area contributed by atoms with Crippen molar-refractivity contribution in [1.82, 2.24) is 14.9 Å². The van der Waals surface area contributed by atoms with E-state index in [0.717, 1.165) is 13.1 Å². The van der Waals surface area contributed by atoms with E-state index in [1.807, 2.05) is 17.2 Å². The molecule has 1 aromatic heterocycles. The Kier molecular flexibility index (Phi) is 4.55. The summed E-state index contributed by atoms with van der Waals surface area (Å²) in [5, 5.41) is 3.34. The van der Waals surface area contributed by atoms with E-state index < -0.39 is 0 Å². The Morgan fingerprint density at radius 1 is 1.30 bits per heavy atom. The van der Waals surface area contributed by atoms with Gasteiger partial charge in [0.15, 0.2) is 0 Å². The molecule has 1 aromatic rings. The molecule has 0 aromatic carbocycles. The van der Waals surface area contributed by atoms with Gasteiger partial charge in [-0.25, -0.2) is 9.97 Å². The van der Waals surface area contributed by atoms with Crippen molar-refractivity contribution in [3.05, 3.63) is 18.0 Å². The number of hydrogen-bond acceptors (Lipinski definition) is 4. The van der Waals surface area contributed by atoms with E-state index in [1.165, 1.54) is 31.4 Å². The van der Waals surface area contributed by atoms with Crippen molar-refractivity contribution in [1.29, 1.82) is 0 Å². The zero-order valence-electron chi connectivity index (χ0n) is 14.5. The smallest absolute Gasteiger partial charge is 0.223 e. The first-order chi connectivity index (χ1) is 10.9. The Hall–Kier alpha value is -1.65. The van der Waals surface area contributed by atoms with Gasteiger partial charge in [-0.3, -0.25) is 4.79 Å². The lowest BCUT2D eigenvalue weighted by molar-refractivity contribution is -0.131. The molecule has 2 heterocycles. The Labute approximate surface area is 138 Å². The van der Waals surface area contributed by atoms with Crippen LogP contribution in [0.5, 0.6) is 0 Å². The van der Waals surface area contributed by atoms with Crippen LogP contribution in [0, 0.1) is 5.92 Å². The molecular weight excluding hydrogens is 288 g/mol. The molecule has 1 saturated carbocycles. The number of nitrogens with zero attached hydrogens (tertiary/aromatic N) is 3. The molecule has 5 heteroatoms. The maximum atomic E-state index is 12.1. The molecule has 0 bridgehead atoms. The molecule has 1 aliphatic heterocycles. The van der Waals surface area contributed by atoms with Gasteiger partial charge in [0.1, 0.15) is 0 Å². The van der Waals surface area contributed by atoms with Gasteiger partial charge in [-0.1, -0.05) is 12.8 Å². The second kappa shape index (κ2) is 6.46. The number of carbonyl (C=O) groups excluding carboxylic acids is 1. The fourth-order valence-electron chi connectivity index (χ4n) is 3.71. The van der Waals surface area contributed by atoms with E-state index in [1.54, 1.807) is 0 Å². The first-order valence-electron chi connectivity index (χ1n) is 8.81. The van der Waals surface area contributed by atoms with E-state index in [4.69, 9.17) is 0 Å². The van der Waals surface area contributed by atoms with Crippen LogP contribution in [0.4, 0.5) is 5.95 Å². The molecule has 1 amide bonds. The summed E-state index contributed by atoms with van der Waals surface area (Å²) in [7, 11) is 0. The molecule has 1 saturated heterocycles. The molecule has 23 heavy (non-hydrogen) atoms. The van der Waals surface area contributed by atoms with E-state index >= 15 is 0 Å². The lowest BCUT2D eigenvalue weighted by atomic mass is 10.0. The number of anilines is 1. The minimum Gasteiger partial charge on any atom is -0.354 e. The molecule has 0 unspecified atom stereocenters. The first kappa shape index (κ1) is 16.2. The highest BCUT2D eigenvalue weighted by molar-refractivity contribution is 5.79. The number of aromatic nitrogens is 2. The Morgan fingerprint density at radius 3 is 2.70 bits per heavy atom. The maximum Gasteiger partial charge on any atom is 0.223 e. The zero-order valence-corrected chi connectivity index (χ0v) is 14.5. The molecule has 0 radical (unpaired) electrons. The van der Waals surface area contributed by atoms with Gasteiger partial charge in [0.2, 0.25) is 11.9 Å². The number of hydrogen-bond donors (Lipinski definition) is 1. The molecule has 2 aliphatic rings. The third-order valence-corrected chi connectivity index (χ3v) is 5.01. The van der Waals surface area contributed by atoms with Crippen LogP contribution in [0.2, 0.25) is 0 Å². The summed E-state index contributed by atoms with van der Waals surface area (Å²) >= 11 is 0. The largest absolute Gasteiger partial charge is 0.354 e. The third-order valence-electron chi connectivity index (χ3n) is 5.01. The summed E-state index contributed by atoms with van der Waals surface area (Å²) in [6.07, 6.45) is 7.58. The molecule has 1 N–H and O–H groups in total. The van der Waals surface area contributed by atoms with Crippen molar-refractivity contribution in [2.75, 3.05) is 18.4 Å². The van der Waals surface area contributed by atoms with Crippen molar-refractivity contribution < 1.29 is 4.79 Å². The van der Waals surface area contributed by atoms with Gasteiger partial charge in [-0.15, -0.1) is 0 Å². The molecule has 5 nitrogen and oxygen atoms in total. The van der Waals surface area contributed by atoms with Crippen molar-refractivity contribution in [2.24, 2.45) is 5.92 Å². The van der Waals surface area contributed by atoms with E-state index in [0.29, 0.717) is 24.2 Å². The van der Waals surface area contributed by atoms with Crippen LogP contribution in [0.25, 0.3) is 0 Å². The maximum absolute atomic E-state index is 12.1. The fraction of sp³-hybridized carbons (Fsp3) is 0.722. The Morgan fingerprint density at radius 2 is 2.04 bits per heavy atom. The first-order valence-corrected chi connectivity index (χ1v) is 8.81. The van der Waals surface area contributed by atoms with E-state index in [-0.39, 0.29) is 11.4 Å². The lowest BCUT2D eigenvalue weighted by Gasteiger charge is -2.32. The summed E-state index contributed by atoms with van der Waals surface area (Å²) in [6.45, 7) is 7.85. The van der Waals surface area contributed by atoms with Gasteiger partial charge in [-0.05, 0) is 39.7 Å². The molecule has 2 fully saturated rings. The summed E-state index contributed by atoms with van der Waals surface area (Å²) in [4.78, 5) is 23.1. The van der Waals surface area contributed by atoms with Crippen LogP contribution in [-0.2, 0) is 4.79 Å². The normalized spacial score (nSPS) is 22.8. The molecule has 3 rings (SSSR count). The van der Waals surface area contributed by atoms with Crippen LogP contribution >= 0.6 is 0 Å². The third kappa shape index (κ3) is 3.82. The van der Waals surface area contributed by atoms with Crippen molar-refractivity contribution in [3.63, 3.8) is 0 Å². The van der Waals surface area contributed by atoms with E-state index in [2.05, 4.69) is 36.1 Å². The number of nitrogens with one attached hydrogen (secondary N) is 1. The lowest BCUT2D eigenvalue weighted by Crippen LogP contribution is -2.42. The average Bonchev–Trinajstić information content (AvgIpc) is 3.14. The average molecular weight is 316 g/mol. The van der Waals surface area contributed by atoms with Gasteiger partial charge in [0.05, 0.1) is 0 Å². The summed E-state index contributed by atoms with van der Waals surface area (Å²) in [6, 6.07) is 2.04. The topological polar surface area (TPSA) is 58.1 Å². The number of likely N-dealkylation sites (tertiary alicyclic amines) is 1. The highest BCUT2D eigenvalue weighted by Gasteiger charge is 2.36. The van der Waals surface area contributed by atoms with Crippen LogP contribution in [0.1, 0.15) is 64.5 Å². The minimum absolute atomic E-state index is 0.0925. The molecule has 1 atom stereocenters. The number of amides is 1.